The van der Waals surface area contributed by atoms with E-state index < -0.39 is 5.82 Å². The van der Waals surface area contributed by atoms with E-state index in [2.05, 4.69) is 22.0 Å². The molecule has 30 heavy (non-hydrogen) atoms. The van der Waals surface area contributed by atoms with E-state index in [1.54, 1.807) is 21.4 Å². The molecule has 1 aliphatic rings. The molecule has 1 aliphatic heterocycles. The van der Waals surface area contributed by atoms with E-state index >= 15 is 4.39 Å². The third-order valence-electron chi connectivity index (χ3n) is 6.20. The van der Waals surface area contributed by atoms with Crippen LogP contribution < -0.4 is 5.56 Å². The van der Waals surface area contributed by atoms with Gasteiger partial charge in [-0.25, -0.2) is 9.37 Å². The van der Waals surface area contributed by atoms with Crippen molar-refractivity contribution in [3.8, 4) is 11.1 Å². The first-order chi connectivity index (χ1) is 14.4. The topological polar surface area (TPSA) is 56.0 Å². The van der Waals surface area contributed by atoms with E-state index in [-0.39, 0.29) is 17.1 Å². The fraction of sp³-hybridized carbons (Fsp3) is 0.348. The van der Waals surface area contributed by atoms with Crippen molar-refractivity contribution in [1.82, 2.24) is 24.2 Å². The number of likely N-dealkylation sites (tertiary alicyclic amines) is 1. The van der Waals surface area contributed by atoms with Gasteiger partial charge in [-0.3, -0.25) is 14.0 Å². The van der Waals surface area contributed by atoms with Crippen LogP contribution in [0.3, 0.4) is 0 Å². The smallest absolute Gasteiger partial charge is 0.261 e. The Hall–Kier alpha value is -3.06. The molecule has 0 radical (unpaired) electrons. The molecular weight excluding hydrogens is 381 g/mol. The van der Waals surface area contributed by atoms with Crippen molar-refractivity contribution in [3.05, 3.63) is 58.5 Å². The van der Waals surface area contributed by atoms with Crippen molar-refractivity contribution >= 4 is 21.8 Å². The summed E-state index contributed by atoms with van der Waals surface area (Å²) in [4.78, 5) is 19.7. The van der Waals surface area contributed by atoms with Crippen LogP contribution in [-0.4, -0.2) is 44.4 Å². The van der Waals surface area contributed by atoms with E-state index in [9.17, 15) is 4.79 Å². The summed E-state index contributed by atoms with van der Waals surface area (Å²) in [7, 11) is 3.95. The third-order valence-corrected chi connectivity index (χ3v) is 6.20. The van der Waals surface area contributed by atoms with Gasteiger partial charge in [0.25, 0.3) is 5.56 Å². The van der Waals surface area contributed by atoms with Gasteiger partial charge in [0.05, 0.1) is 17.2 Å². The first-order valence-electron chi connectivity index (χ1n) is 10.2. The lowest BCUT2D eigenvalue weighted by atomic mass is 9.99. The first-order valence-corrected chi connectivity index (χ1v) is 10.2. The lowest BCUT2D eigenvalue weighted by molar-refractivity contribution is 0.218. The largest absolute Gasteiger partial charge is 0.306 e. The summed E-state index contributed by atoms with van der Waals surface area (Å²) in [5.41, 5.74) is 3.05. The molecule has 1 fully saturated rings. The van der Waals surface area contributed by atoms with Gasteiger partial charge in [0.2, 0.25) is 0 Å². The highest BCUT2D eigenvalue weighted by atomic mass is 19.1. The maximum absolute atomic E-state index is 15.5. The minimum Gasteiger partial charge on any atom is -0.306 e. The van der Waals surface area contributed by atoms with Crippen LogP contribution >= 0.6 is 0 Å². The van der Waals surface area contributed by atoms with E-state index in [0.29, 0.717) is 10.9 Å². The number of aryl methyl sites for hydroxylation is 2. The second-order valence-electron chi connectivity index (χ2n) is 8.35. The van der Waals surface area contributed by atoms with Gasteiger partial charge < -0.3 is 4.90 Å². The van der Waals surface area contributed by atoms with Crippen molar-refractivity contribution in [3.63, 3.8) is 0 Å². The molecule has 0 atom stereocenters. The van der Waals surface area contributed by atoms with E-state index in [1.807, 2.05) is 32.3 Å². The van der Waals surface area contributed by atoms with Crippen LogP contribution in [0.15, 0.2) is 41.6 Å². The number of piperidine rings is 1. The Balaban J connectivity index is 1.61. The van der Waals surface area contributed by atoms with Crippen molar-refractivity contribution in [2.75, 3.05) is 20.1 Å². The van der Waals surface area contributed by atoms with Crippen LogP contribution in [0.25, 0.3) is 32.9 Å². The fourth-order valence-electron chi connectivity index (χ4n) is 4.52. The van der Waals surface area contributed by atoms with Gasteiger partial charge in [-0.2, -0.15) is 5.10 Å². The van der Waals surface area contributed by atoms with Crippen LogP contribution in [0.4, 0.5) is 4.39 Å². The summed E-state index contributed by atoms with van der Waals surface area (Å²) in [6, 6.07) is 7.37. The molecule has 6 nitrogen and oxygen atoms in total. The zero-order valence-electron chi connectivity index (χ0n) is 17.4. The highest BCUT2D eigenvalue weighted by Crippen LogP contribution is 2.31. The van der Waals surface area contributed by atoms with Crippen molar-refractivity contribution < 1.29 is 4.39 Å². The highest BCUT2D eigenvalue weighted by molar-refractivity contribution is 5.90. The molecule has 3 heterocycles. The second-order valence-corrected chi connectivity index (χ2v) is 8.35. The van der Waals surface area contributed by atoms with Gasteiger partial charge >= 0.3 is 0 Å². The number of benzene rings is 2. The molecule has 4 aromatic rings. The Kier molecular flexibility index (Phi) is 4.43. The molecule has 0 bridgehead atoms. The minimum atomic E-state index is -0.456. The molecule has 2 aromatic heterocycles. The maximum Gasteiger partial charge on any atom is 0.261 e. The molecule has 0 saturated carbocycles. The number of nitrogens with zero attached hydrogens (tertiary/aromatic N) is 5. The Bertz CT molecular complexity index is 1330. The summed E-state index contributed by atoms with van der Waals surface area (Å²) < 4.78 is 18.9. The number of rotatable bonds is 2. The molecule has 0 unspecified atom stereocenters. The van der Waals surface area contributed by atoms with Gasteiger partial charge in [-0.1, -0.05) is 6.07 Å². The van der Waals surface area contributed by atoms with E-state index in [1.165, 1.54) is 6.33 Å². The molecule has 0 amide bonds. The van der Waals surface area contributed by atoms with Crippen molar-refractivity contribution in [2.45, 2.75) is 25.8 Å². The van der Waals surface area contributed by atoms with Crippen molar-refractivity contribution in [2.24, 2.45) is 7.05 Å². The molecule has 0 aliphatic carbocycles. The quantitative estimate of drug-likeness (QED) is 0.511. The number of fused-ring (bicyclic) bond motifs is 2. The van der Waals surface area contributed by atoms with E-state index in [4.69, 9.17) is 0 Å². The summed E-state index contributed by atoms with van der Waals surface area (Å²) in [6.07, 6.45) is 5.23. The minimum absolute atomic E-state index is 0.115. The predicted octanol–water partition coefficient (Wildman–Crippen LogP) is 3.66. The summed E-state index contributed by atoms with van der Waals surface area (Å²) in [6.45, 7) is 3.85. The van der Waals surface area contributed by atoms with Gasteiger partial charge in [-0.15, -0.1) is 0 Å². The number of aromatic nitrogens is 4. The lowest BCUT2D eigenvalue weighted by Crippen LogP contribution is -2.35. The number of halogens is 1. The Labute approximate surface area is 173 Å². The summed E-state index contributed by atoms with van der Waals surface area (Å²) in [5, 5.41) is 5.74. The summed E-state index contributed by atoms with van der Waals surface area (Å²) >= 11 is 0. The Morgan fingerprint density at radius 1 is 1.10 bits per heavy atom. The normalized spacial score (nSPS) is 16.0. The summed E-state index contributed by atoms with van der Waals surface area (Å²) in [5.74, 6) is -0.456. The van der Waals surface area contributed by atoms with Gasteiger partial charge in [0.1, 0.15) is 5.52 Å². The SMILES string of the molecule is Cc1cc(-c2ccc3c(=O)n(C4CCN(C)CC4)cnc3c2F)cc2cn(C)nc12. The molecule has 154 valence electrons. The molecular formula is C23H24FN5O. The molecule has 0 N–H and O–H groups in total. The predicted molar refractivity (Wildman–Crippen MR) is 116 cm³/mol. The highest BCUT2D eigenvalue weighted by Gasteiger charge is 2.21. The third kappa shape index (κ3) is 3.01. The average Bonchev–Trinajstić information content (AvgIpc) is 3.11. The number of hydrogen-bond donors (Lipinski definition) is 0. The lowest BCUT2D eigenvalue weighted by Gasteiger charge is -2.30. The monoisotopic (exact) mass is 405 g/mol. The Morgan fingerprint density at radius 3 is 2.63 bits per heavy atom. The number of hydrogen-bond acceptors (Lipinski definition) is 4. The Morgan fingerprint density at radius 2 is 1.87 bits per heavy atom. The van der Waals surface area contributed by atoms with Crippen molar-refractivity contribution in [1.29, 1.82) is 0 Å². The van der Waals surface area contributed by atoms with Gasteiger partial charge in [0.15, 0.2) is 5.82 Å². The molecule has 5 rings (SSSR count). The molecule has 0 spiro atoms. The fourth-order valence-corrected chi connectivity index (χ4v) is 4.52. The zero-order chi connectivity index (χ0) is 21.0. The van der Waals surface area contributed by atoms with Crippen LogP contribution in [-0.2, 0) is 7.05 Å². The van der Waals surface area contributed by atoms with Crippen LogP contribution in [0, 0.1) is 12.7 Å². The standard InChI is InChI=1S/C23H24FN5O/c1-14-10-15(11-16-12-28(3)26-21(14)16)18-4-5-19-22(20(18)24)25-13-29(23(19)30)17-6-8-27(2)9-7-17/h4-5,10-13,17H,6-9H2,1-3H3. The van der Waals surface area contributed by atoms with Crippen LogP contribution in [0.5, 0.6) is 0 Å². The first kappa shape index (κ1) is 18.9. The van der Waals surface area contributed by atoms with Crippen LogP contribution in [0.1, 0.15) is 24.4 Å². The average molecular weight is 405 g/mol. The van der Waals surface area contributed by atoms with Crippen LogP contribution in [0.2, 0.25) is 0 Å². The van der Waals surface area contributed by atoms with E-state index in [0.717, 1.165) is 48.0 Å². The second kappa shape index (κ2) is 7.02. The molecule has 2 aromatic carbocycles. The van der Waals surface area contributed by atoms with Gasteiger partial charge in [0, 0.05) is 30.2 Å². The van der Waals surface area contributed by atoms with Gasteiger partial charge in [-0.05, 0) is 69.2 Å². The molecule has 7 heteroatoms. The maximum atomic E-state index is 15.5. The molecule has 1 saturated heterocycles. The zero-order valence-corrected chi connectivity index (χ0v) is 17.4.